The summed E-state index contributed by atoms with van der Waals surface area (Å²) in [5, 5.41) is 0. The van der Waals surface area contributed by atoms with Crippen molar-refractivity contribution in [2.75, 3.05) is 12.4 Å². The average molecular weight is 207 g/mol. The summed E-state index contributed by atoms with van der Waals surface area (Å²) in [6.45, 7) is 2.73. The molecule has 0 aliphatic rings. The highest BCUT2D eigenvalue weighted by Gasteiger charge is 2.04. The van der Waals surface area contributed by atoms with Gasteiger partial charge in [-0.2, -0.15) is 8.42 Å². The fourth-order valence-corrected chi connectivity index (χ4v) is 0.600. The number of hydrogen-bond acceptors (Lipinski definition) is 4. The largest absolute Gasteiger partial charge is 0.461 e. The molecule has 0 rings (SSSR count). The molecule has 0 aromatic rings. The van der Waals surface area contributed by atoms with Gasteiger partial charge in [0.25, 0.3) is 10.1 Å². The minimum Gasteiger partial charge on any atom is -0.461 e. The summed E-state index contributed by atoms with van der Waals surface area (Å²) in [6, 6.07) is 0. The Hall–Kier alpha value is -0.114. The van der Waals surface area contributed by atoms with Gasteiger partial charge in [0.05, 0.1) is 0 Å². The molecule has 0 aromatic carbocycles. The zero-order valence-corrected chi connectivity index (χ0v) is 6.50. The zero-order valence-electron chi connectivity index (χ0n) is 5.69. The van der Waals surface area contributed by atoms with Crippen LogP contribution in [-0.4, -0.2) is 54.4 Å². The Balaban J connectivity index is 0. The molecule has 0 bridgehead atoms. The van der Waals surface area contributed by atoms with Crippen LogP contribution in [0.4, 0.5) is 0 Å². The van der Waals surface area contributed by atoms with E-state index in [-0.39, 0.29) is 29.7 Å². The van der Waals surface area contributed by atoms with Crippen LogP contribution in [0.2, 0.25) is 0 Å². The highest BCUT2D eigenvalue weighted by Crippen LogP contribution is 1.84. The van der Waals surface area contributed by atoms with Crippen molar-refractivity contribution in [3.8, 4) is 0 Å². The van der Waals surface area contributed by atoms with Crippen molar-refractivity contribution in [2.24, 2.45) is 0 Å². The third-order valence-corrected chi connectivity index (χ3v) is 1.43. The third-order valence-electron chi connectivity index (χ3n) is 0.752. The lowest BCUT2D eigenvalue weighted by atomic mass is 10.6. The molecule has 0 spiro atoms. The number of rotatable bonds is 4. The van der Waals surface area contributed by atoms with Crippen LogP contribution in [0.3, 0.4) is 0 Å². The Morgan fingerprint density at radius 3 is 2.42 bits per heavy atom. The van der Waals surface area contributed by atoms with Gasteiger partial charge in [-0.1, -0.05) is 6.58 Å². The fourth-order valence-electron chi connectivity index (χ4n) is 0.306. The predicted octanol–water partition coefficient (Wildman–Crippen LogP) is -1.31. The first kappa shape index (κ1) is 14.4. The first-order valence-corrected chi connectivity index (χ1v) is 4.31. The lowest BCUT2D eigenvalue weighted by Crippen LogP contribution is -2.13. The molecule has 0 saturated carbocycles. The highest BCUT2D eigenvalue weighted by atomic mass is 32.2. The van der Waals surface area contributed by atoms with E-state index in [2.05, 4.69) is 11.3 Å². The molecule has 0 aromatic heterocycles. The second kappa shape index (κ2) is 6.41. The first-order valence-electron chi connectivity index (χ1n) is 2.70. The second-order valence-electron chi connectivity index (χ2n) is 1.66. The van der Waals surface area contributed by atoms with Gasteiger partial charge in [-0.15, -0.1) is 0 Å². The van der Waals surface area contributed by atoms with E-state index >= 15 is 0 Å². The molecule has 0 aliphatic carbocycles. The normalized spacial score (nSPS) is 9.75. The maximum Gasteiger partial charge on any atom is 0.330 e. The van der Waals surface area contributed by atoms with Crippen LogP contribution in [-0.2, 0) is 19.6 Å². The highest BCUT2D eigenvalue weighted by molar-refractivity contribution is 7.85. The number of carbonyl (C=O) groups is 1. The first-order chi connectivity index (χ1) is 4.95. The van der Waals surface area contributed by atoms with Gasteiger partial charge < -0.3 is 4.74 Å². The molecule has 0 atom stereocenters. The Kier molecular flexibility index (Phi) is 7.70. The molecule has 0 radical (unpaired) electrons. The monoisotopic (exact) mass is 206 g/mol. The summed E-state index contributed by atoms with van der Waals surface area (Å²) in [6.07, 6.45) is 0.907. The van der Waals surface area contributed by atoms with Crippen LogP contribution in [0.15, 0.2) is 12.7 Å². The van der Waals surface area contributed by atoms with Crippen LogP contribution < -0.4 is 0 Å². The second-order valence-corrected chi connectivity index (χ2v) is 3.23. The summed E-state index contributed by atoms with van der Waals surface area (Å²) in [5.41, 5.74) is 0. The topological polar surface area (TPSA) is 80.7 Å². The van der Waals surface area contributed by atoms with Crippen molar-refractivity contribution >= 4 is 39.1 Å². The van der Waals surface area contributed by atoms with Crippen LogP contribution in [0.1, 0.15) is 0 Å². The van der Waals surface area contributed by atoms with E-state index in [1.165, 1.54) is 0 Å². The van der Waals surface area contributed by atoms with E-state index in [4.69, 9.17) is 4.55 Å². The lowest BCUT2D eigenvalue weighted by molar-refractivity contribution is -0.137. The predicted molar refractivity (Wildman–Crippen MR) is 46.1 cm³/mol. The zero-order chi connectivity index (χ0) is 8.91. The number of carbonyl (C=O) groups excluding carboxylic acids is 1. The maximum absolute atomic E-state index is 10.3. The molecule has 0 saturated heterocycles. The minimum absolute atomic E-state index is 0. The quantitative estimate of drug-likeness (QED) is 0.267. The van der Waals surface area contributed by atoms with E-state index in [1.807, 2.05) is 0 Å². The molecular weight excluding hydrogens is 196 g/mol. The molecule has 5 nitrogen and oxygen atoms in total. The summed E-state index contributed by atoms with van der Waals surface area (Å²) in [5.74, 6) is -1.30. The van der Waals surface area contributed by atoms with Gasteiger partial charge in [0.15, 0.2) is 0 Å². The summed E-state index contributed by atoms with van der Waals surface area (Å²) in [4.78, 5) is 10.3. The van der Waals surface area contributed by atoms with Crippen molar-refractivity contribution < 1.29 is 22.5 Å². The molecule has 7 heteroatoms. The smallest absolute Gasteiger partial charge is 0.330 e. The van der Waals surface area contributed by atoms with Crippen LogP contribution in [0.5, 0.6) is 0 Å². The van der Waals surface area contributed by atoms with Crippen LogP contribution in [0.25, 0.3) is 0 Å². The van der Waals surface area contributed by atoms with Crippen molar-refractivity contribution in [3.63, 3.8) is 0 Å². The minimum atomic E-state index is -4.04. The third kappa shape index (κ3) is 9.89. The molecule has 0 aliphatic heterocycles. The lowest BCUT2D eigenvalue weighted by Gasteiger charge is -1.97. The van der Waals surface area contributed by atoms with Crippen LogP contribution >= 0.6 is 0 Å². The van der Waals surface area contributed by atoms with Gasteiger partial charge in [0.2, 0.25) is 0 Å². The van der Waals surface area contributed by atoms with E-state index in [1.54, 1.807) is 0 Å². The van der Waals surface area contributed by atoms with Crippen molar-refractivity contribution in [1.82, 2.24) is 0 Å². The van der Waals surface area contributed by atoms with Gasteiger partial charge in [-0.25, -0.2) is 4.79 Å². The molecule has 0 fully saturated rings. The Morgan fingerprint density at radius 2 is 2.08 bits per heavy atom. The Labute approximate surface area is 86.7 Å². The molecule has 1 N–H and O–H groups in total. The number of ether oxygens (including phenoxy) is 1. The van der Waals surface area contributed by atoms with Gasteiger partial charge in [0.1, 0.15) is 12.4 Å². The number of esters is 1. The fraction of sp³-hybridized carbons (Fsp3) is 0.400. The SMILES string of the molecule is C=CC(=O)OCCS(=O)(=O)O.[MgH2]. The average Bonchev–Trinajstić information content (AvgIpc) is 1.85. The Morgan fingerprint density at radius 1 is 1.58 bits per heavy atom. The van der Waals surface area contributed by atoms with E-state index in [0.29, 0.717) is 0 Å². The molecule has 0 amide bonds. The van der Waals surface area contributed by atoms with Crippen LogP contribution in [0, 0.1) is 0 Å². The van der Waals surface area contributed by atoms with Crippen molar-refractivity contribution in [1.29, 1.82) is 0 Å². The maximum atomic E-state index is 10.3. The van der Waals surface area contributed by atoms with Gasteiger partial charge in [-0.3, -0.25) is 4.55 Å². The standard InChI is InChI=1S/C5H8O5S.Mg.2H/c1-2-5(6)10-3-4-11(7,8)9;;;/h2H,1,3-4H2,(H,7,8,9);;;. The van der Waals surface area contributed by atoms with Gasteiger partial charge in [-0.05, 0) is 0 Å². The summed E-state index contributed by atoms with van der Waals surface area (Å²) in [7, 11) is -4.04. The van der Waals surface area contributed by atoms with Gasteiger partial charge in [0, 0.05) is 6.08 Å². The molecule has 68 valence electrons. The van der Waals surface area contributed by atoms with E-state index in [9.17, 15) is 13.2 Å². The van der Waals surface area contributed by atoms with Gasteiger partial charge >= 0.3 is 29.0 Å². The molecule has 0 heterocycles. The Bertz CT molecular complexity index is 245. The summed E-state index contributed by atoms with van der Waals surface area (Å²) < 4.78 is 32.5. The molecular formula is C5H10MgO5S. The number of hydrogen-bond donors (Lipinski definition) is 1. The van der Waals surface area contributed by atoms with Crippen molar-refractivity contribution in [2.45, 2.75) is 0 Å². The molecule has 0 unspecified atom stereocenters. The van der Waals surface area contributed by atoms with Crippen molar-refractivity contribution in [3.05, 3.63) is 12.7 Å². The summed E-state index contributed by atoms with van der Waals surface area (Å²) >= 11 is 0. The van der Waals surface area contributed by atoms with E-state index < -0.39 is 21.8 Å². The molecule has 12 heavy (non-hydrogen) atoms. The van der Waals surface area contributed by atoms with E-state index in [0.717, 1.165) is 6.08 Å².